The highest BCUT2D eigenvalue weighted by Crippen LogP contribution is 2.28. The van der Waals surface area contributed by atoms with Gasteiger partial charge in [0.15, 0.2) is 0 Å². The normalized spacial score (nSPS) is 11.6. The summed E-state index contributed by atoms with van der Waals surface area (Å²) in [5.41, 5.74) is 0.887. The standard InChI is InChI=1S/C17H24N2O/c1-12(2)10-19(13(3)4)17-16-8-6-5-7-15(16)14(11-20)9-18-17/h5-9,12-13,20H,10-11H2,1-4H3. The van der Waals surface area contributed by atoms with Crippen LogP contribution in [0.4, 0.5) is 5.82 Å². The Morgan fingerprint density at radius 1 is 1.10 bits per heavy atom. The van der Waals surface area contributed by atoms with Gasteiger partial charge in [-0.05, 0) is 25.2 Å². The van der Waals surface area contributed by atoms with Gasteiger partial charge in [-0.2, -0.15) is 0 Å². The highest BCUT2D eigenvalue weighted by atomic mass is 16.3. The van der Waals surface area contributed by atoms with Gasteiger partial charge in [-0.3, -0.25) is 0 Å². The average Bonchev–Trinajstić information content (AvgIpc) is 2.43. The van der Waals surface area contributed by atoms with Crippen LogP contribution in [-0.4, -0.2) is 22.7 Å². The maximum absolute atomic E-state index is 9.47. The molecule has 3 heteroatoms. The first-order chi connectivity index (χ1) is 9.54. The molecule has 3 nitrogen and oxygen atoms in total. The Balaban J connectivity index is 2.58. The first-order valence-electron chi connectivity index (χ1n) is 7.28. The van der Waals surface area contributed by atoms with E-state index in [9.17, 15) is 5.11 Å². The molecule has 0 atom stereocenters. The van der Waals surface area contributed by atoms with E-state index >= 15 is 0 Å². The molecular formula is C17H24N2O. The van der Waals surface area contributed by atoms with Crippen LogP contribution >= 0.6 is 0 Å². The molecule has 0 aliphatic carbocycles. The summed E-state index contributed by atoms with van der Waals surface area (Å²) < 4.78 is 0. The first kappa shape index (κ1) is 14.8. The number of anilines is 1. The molecule has 1 N–H and O–H groups in total. The summed E-state index contributed by atoms with van der Waals surface area (Å²) in [7, 11) is 0. The maximum atomic E-state index is 9.47. The summed E-state index contributed by atoms with van der Waals surface area (Å²) in [5.74, 6) is 1.59. The third-order valence-corrected chi connectivity index (χ3v) is 3.48. The van der Waals surface area contributed by atoms with Crippen LogP contribution in [0.5, 0.6) is 0 Å². The Hall–Kier alpha value is -1.61. The van der Waals surface area contributed by atoms with Crippen molar-refractivity contribution in [1.82, 2.24) is 4.98 Å². The van der Waals surface area contributed by atoms with Crippen LogP contribution in [0.25, 0.3) is 10.8 Å². The lowest BCUT2D eigenvalue weighted by Crippen LogP contribution is -2.35. The number of aromatic nitrogens is 1. The van der Waals surface area contributed by atoms with Crippen molar-refractivity contribution in [1.29, 1.82) is 0 Å². The average molecular weight is 272 g/mol. The van der Waals surface area contributed by atoms with Crippen molar-refractivity contribution in [2.24, 2.45) is 5.92 Å². The van der Waals surface area contributed by atoms with Crippen molar-refractivity contribution in [3.8, 4) is 0 Å². The zero-order valence-electron chi connectivity index (χ0n) is 12.8. The molecule has 0 bridgehead atoms. The summed E-state index contributed by atoms with van der Waals surface area (Å²) in [6, 6.07) is 8.58. The predicted molar refractivity (Wildman–Crippen MR) is 85.0 cm³/mol. The SMILES string of the molecule is CC(C)CN(c1ncc(CO)c2ccccc12)C(C)C. The van der Waals surface area contributed by atoms with Gasteiger partial charge in [0.25, 0.3) is 0 Å². The minimum absolute atomic E-state index is 0.0274. The van der Waals surface area contributed by atoms with Gasteiger partial charge in [0.05, 0.1) is 6.61 Å². The Bertz CT molecular complexity index is 578. The lowest BCUT2D eigenvalue weighted by atomic mass is 10.1. The molecule has 0 amide bonds. The monoisotopic (exact) mass is 272 g/mol. The number of aliphatic hydroxyl groups is 1. The molecule has 0 saturated carbocycles. The quantitative estimate of drug-likeness (QED) is 0.903. The third-order valence-electron chi connectivity index (χ3n) is 3.48. The van der Waals surface area contributed by atoms with Crippen LogP contribution in [0.1, 0.15) is 33.3 Å². The van der Waals surface area contributed by atoms with Crippen molar-refractivity contribution in [2.45, 2.75) is 40.3 Å². The number of rotatable bonds is 5. The van der Waals surface area contributed by atoms with Gasteiger partial charge in [-0.15, -0.1) is 0 Å². The third kappa shape index (κ3) is 2.93. The lowest BCUT2D eigenvalue weighted by molar-refractivity contribution is 0.283. The molecule has 2 aromatic rings. The van der Waals surface area contributed by atoms with Crippen molar-refractivity contribution in [2.75, 3.05) is 11.4 Å². The number of hydrogen-bond donors (Lipinski definition) is 1. The van der Waals surface area contributed by atoms with Gasteiger partial charge in [0.1, 0.15) is 5.82 Å². The molecular weight excluding hydrogens is 248 g/mol. The second-order valence-electron chi connectivity index (χ2n) is 5.95. The van der Waals surface area contributed by atoms with Crippen LogP contribution in [0.2, 0.25) is 0 Å². The summed E-state index contributed by atoms with van der Waals surface area (Å²) in [5, 5.41) is 11.7. The molecule has 0 unspecified atom stereocenters. The molecule has 20 heavy (non-hydrogen) atoms. The zero-order chi connectivity index (χ0) is 14.7. The molecule has 1 aromatic carbocycles. The van der Waals surface area contributed by atoms with Gasteiger partial charge < -0.3 is 10.0 Å². The second-order valence-corrected chi connectivity index (χ2v) is 5.95. The lowest BCUT2D eigenvalue weighted by Gasteiger charge is -2.31. The molecule has 0 spiro atoms. The molecule has 1 aromatic heterocycles. The van der Waals surface area contributed by atoms with Crippen molar-refractivity contribution < 1.29 is 5.11 Å². The molecule has 0 radical (unpaired) electrons. The topological polar surface area (TPSA) is 36.4 Å². The summed E-state index contributed by atoms with van der Waals surface area (Å²) in [6.07, 6.45) is 1.80. The second kappa shape index (κ2) is 6.23. The molecule has 2 rings (SSSR count). The van der Waals surface area contributed by atoms with Gasteiger partial charge >= 0.3 is 0 Å². The van der Waals surface area contributed by atoms with E-state index in [0.717, 1.165) is 28.7 Å². The number of fused-ring (bicyclic) bond motifs is 1. The van der Waals surface area contributed by atoms with E-state index in [-0.39, 0.29) is 6.61 Å². The molecule has 1 heterocycles. The van der Waals surface area contributed by atoms with Crippen LogP contribution in [0.3, 0.4) is 0 Å². The Morgan fingerprint density at radius 2 is 1.75 bits per heavy atom. The Labute approximate surface area is 121 Å². The predicted octanol–water partition coefficient (Wildman–Crippen LogP) is 3.60. The minimum Gasteiger partial charge on any atom is -0.392 e. The molecule has 0 aliphatic rings. The fourth-order valence-corrected chi connectivity index (χ4v) is 2.53. The molecule has 108 valence electrons. The Kier molecular flexibility index (Phi) is 4.61. The minimum atomic E-state index is 0.0274. The van der Waals surface area contributed by atoms with Gasteiger partial charge in [-0.1, -0.05) is 38.1 Å². The van der Waals surface area contributed by atoms with Crippen molar-refractivity contribution >= 4 is 16.6 Å². The highest BCUT2D eigenvalue weighted by Gasteiger charge is 2.17. The Morgan fingerprint density at radius 3 is 2.30 bits per heavy atom. The summed E-state index contributed by atoms with van der Waals surface area (Å²) in [4.78, 5) is 6.96. The van der Waals surface area contributed by atoms with E-state index in [1.165, 1.54) is 0 Å². The zero-order valence-corrected chi connectivity index (χ0v) is 12.8. The van der Waals surface area contributed by atoms with E-state index in [4.69, 9.17) is 0 Å². The van der Waals surface area contributed by atoms with E-state index in [2.05, 4.69) is 49.7 Å². The van der Waals surface area contributed by atoms with Gasteiger partial charge in [0, 0.05) is 29.7 Å². The van der Waals surface area contributed by atoms with Crippen LogP contribution in [-0.2, 0) is 6.61 Å². The summed E-state index contributed by atoms with van der Waals surface area (Å²) in [6.45, 7) is 9.84. The molecule has 0 saturated heterocycles. The van der Waals surface area contributed by atoms with Gasteiger partial charge in [-0.25, -0.2) is 4.98 Å². The fraction of sp³-hybridized carbons (Fsp3) is 0.471. The number of benzene rings is 1. The molecule has 0 fully saturated rings. The largest absolute Gasteiger partial charge is 0.392 e. The van der Waals surface area contributed by atoms with Crippen LogP contribution in [0.15, 0.2) is 30.5 Å². The van der Waals surface area contributed by atoms with E-state index in [0.29, 0.717) is 12.0 Å². The molecule has 0 aliphatic heterocycles. The van der Waals surface area contributed by atoms with E-state index < -0.39 is 0 Å². The number of pyridine rings is 1. The smallest absolute Gasteiger partial charge is 0.136 e. The fourth-order valence-electron chi connectivity index (χ4n) is 2.53. The number of hydrogen-bond acceptors (Lipinski definition) is 3. The van der Waals surface area contributed by atoms with Crippen molar-refractivity contribution in [3.63, 3.8) is 0 Å². The van der Waals surface area contributed by atoms with Gasteiger partial charge in [0.2, 0.25) is 0 Å². The van der Waals surface area contributed by atoms with Crippen LogP contribution < -0.4 is 4.90 Å². The van der Waals surface area contributed by atoms with E-state index in [1.54, 1.807) is 6.20 Å². The maximum Gasteiger partial charge on any atom is 0.136 e. The van der Waals surface area contributed by atoms with Crippen molar-refractivity contribution in [3.05, 3.63) is 36.0 Å². The summed E-state index contributed by atoms with van der Waals surface area (Å²) >= 11 is 0. The van der Waals surface area contributed by atoms with E-state index in [1.807, 2.05) is 12.1 Å². The number of aliphatic hydroxyl groups excluding tert-OH is 1. The highest BCUT2D eigenvalue weighted by molar-refractivity contribution is 5.94. The van der Waals surface area contributed by atoms with Crippen LogP contribution in [0, 0.1) is 5.92 Å². The number of nitrogens with zero attached hydrogens (tertiary/aromatic N) is 2. The first-order valence-corrected chi connectivity index (χ1v) is 7.28.